The summed E-state index contributed by atoms with van der Waals surface area (Å²) in [5.41, 5.74) is 6.30. The molecule has 0 saturated carbocycles. The Bertz CT molecular complexity index is 392. The van der Waals surface area contributed by atoms with Crippen molar-refractivity contribution in [2.75, 3.05) is 6.26 Å². The summed E-state index contributed by atoms with van der Waals surface area (Å²) in [6.45, 7) is 3.86. The zero-order valence-electron chi connectivity index (χ0n) is 9.60. The van der Waals surface area contributed by atoms with Crippen LogP contribution in [0, 0.1) is 0 Å². The minimum Gasteiger partial charge on any atom is -0.490 e. The summed E-state index contributed by atoms with van der Waals surface area (Å²) in [7, 11) is 0. The molecule has 0 spiro atoms. The largest absolute Gasteiger partial charge is 0.490 e. The first-order valence-electron chi connectivity index (χ1n) is 4.91. The normalized spacial score (nSPS) is 11.9. The van der Waals surface area contributed by atoms with E-state index in [1.165, 1.54) is 11.8 Å². The number of hydrogen-bond acceptors (Lipinski definition) is 4. The number of oxime groups is 1. The fourth-order valence-corrected chi connectivity index (χ4v) is 1.96. The highest BCUT2D eigenvalue weighted by atomic mass is 32.2. The van der Waals surface area contributed by atoms with Crippen LogP contribution in [-0.4, -0.2) is 23.4 Å². The summed E-state index contributed by atoms with van der Waals surface area (Å²) >= 11 is 1.53. The molecule has 0 unspecified atom stereocenters. The summed E-state index contributed by atoms with van der Waals surface area (Å²) in [5.74, 6) is 0.706. The summed E-state index contributed by atoms with van der Waals surface area (Å²) < 4.78 is 5.63. The molecule has 0 aromatic heterocycles. The first-order chi connectivity index (χ1) is 7.60. The van der Waals surface area contributed by atoms with Gasteiger partial charge in [-0.25, -0.2) is 0 Å². The Morgan fingerprint density at radius 2 is 2.19 bits per heavy atom. The summed E-state index contributed by atoms with van der Waals surface area (Å²) in [6.07, 6.45) is 1.98. The molecule has 4 nitrogen and oxygen atoms in total. The predicted molar refractivity (Wildman–Crippen MR) is 66.5 cm³/mol. The van der Waals surface area contributed by atoms with Crippen LogP contribution in [0.2, 0.25) is 0 Å². The minimum atomic E-state index is 0.0438. The van der Waals surface area contributed by atoms with Crippen molar-refractivity contribution >= 4 is 17.6 Å². The van der Waals surface area contributed by atoms with Gasteiger partial charge < -0.3 is 15.7 Å². The van der Waals surface area contributed by atoms with Crippen molar-refractivity contribution in [2.24, 2.45) is 10.9 Å². The van der Waals surface area contributed by atoms with Crippen molar-refractivity contribution in [3.8, 4) is 5.75 Å². The summed E-state index contributed by atoms with van der Waals surface area (Å²) in [6, 6.07) is 5.61. The van der Waals surface area contributed by atoms with Crippen molar-refractivity contribution in [3.63, 3.8) is 0 Å². The van der Waals surface area contributed by atoms with Crippen molar-refractivity contribution < 1.29 is 9.94 Å². The topological polar surface area (TPSA) is 67.8 Å². The molecule has 0 amide bonds. The molecule has 1 rings (SSSR count). The summed E-state index contributed by atoms with van der Waals surface area (Å²) in [4.78, 5) is 0.924. The van der Waals surface area contributed by atoms with Crippen LogP contribution in [-0.2, 0) is 0 Å². The van der Waals surface area contributed by atoms with Gasteiger partial charge in [-0.15, -0.1) is 11.8 Å². The lowest BCUT2D eigenvalue weighted by atomic mass is 10.2. The maximum Gasteiger partial charge on any atom is 0.174 e. The Morgan fingerprint density at radius 1 is 1.50 bits per heavy atom. The van der Waals surface area contributed by atoms with E-state index in [0.717, 1.165) is 4.90 Å². The van der Waals surface area contributed by atoms with Crippen LogP contribution < -0.4 is 10.5 Å². The standard InChI is InChI=1S/C11H16N2O2S/c1-7(2)15-8-5-4-6-9(16-3)10(8)11(12)13-14/h4-7,14H,1-3H3,(H2,12,13). The average Bonchev–Trinajstić information content (AvgIpc) is 2.27. The van der Waals surface area contributed by atoms with Crippen LogP contribution in [0.5, 0.6) is 5.75 Å². The molecule has 88 valence electrons. The molecule has 0 aliphatic heterocycles. The van der Waals surface area contributed by atoms with Crippen LogP contribution in [0.1, 0.15) is 19.4 Å². The SMILES string of the molecule is CSc1cccc(OC(C)C)c1/C(N)=N/O. The van der Waals surface area contributed by atoms with E-state index >= 15 is 0 Å². The zero-order valence-corrected chi connectivity index (χ0v) is 10.4. The molecule has 1 aromatic carbocycles. The second-order valence-electron chi connectivity index (χ2n) is 3.49. The minimum absolute atomic E-state index is 0.0438. The molecule has 5 heteroatoms. The fraction of sp³-hybridized carbons (Fsp3) is 0.364. The molecule has 16 heavy (non-hydrogen) atoms. The van der Waals surface area contributed by atoms with Crippen molar-refractivity contribution in [1.82, 2.24) is 0 Å². The second-order valence-corrected chi connectivity index (χ2v) is 4.33. The number of benzene rings is 1. The molecule has 0 radical (unpaired) electrons. The number of amidine groups is 1. The maximum absolute atomic E-state index is 8.76. The molecule has 0 saturated heterocycles. The van der Waals surface area contributed by atoms with Crippen molar-refractivity contribution in [3.05, 3.63) is 23.8 Å². The van der Waals surface area contributed by atoms with E-state index in [1.54, 1.807) is 0 Å². The first kappa shape index (κ1) is 12.7. The number of nitrogens with zero attached hydrogens (tertiary/aromatic N) is 1. The number of rotatable bonds is 4. The third-order valence-electron chi connectivity index (χ3n) is 1.93. The lowest BCUT2D eigenvalue weighted by Gasteiger charge is -2.15. The van der Waals surface area contributed by atoms with Gasteiger partial charge in [0.05, 0.1) is 11.7 Å². The van der Waals surface area contributed by atoms with E-state index < -0.39 is 0 Å². The molecule has 0 atom stereocenters. The maximum atomic E-state index is 8.76. The number of thioether (sulfide) groups is 1. The lowest BCUT2D eigenvalue weighted by molar-refractivity contribution is 0.241. The van der Waals surface area contributed by atoms with Gasteiger partial charge in [0.1, 0.15) is 5.75 Å². The highest BCUT2D eigenvalue weighted by molar-refractivity contribution is 7.98. The molecular formula is C11H16N2O2S. The first-order valence-corrected chi connectivity index (χ1v) is 6.14. The molecule has 0 heterocycles. The molecule has 0 aliphatic carbocycles. The third-order valence-corrected chi connectivity index (χ3v) is 2.71. The van der Waals surface area contributed by atoms with Gasteiger partial charge >= 0.3 is 0 Å². The van der Waals surface area contributed by atoms with E-state index in [2.05, 4.69) is 5.16 Å². The van der Waals surface area contributed by atoms with E-state index in [9.17, 15) is 0 Å². The van der Waals surface area contributed by atoms with Crippen LogP contribution in [0.4, 0.5) is 0 Å². The number of hydrogen-bond donors (Lipinski definition) is 2. The quantitative estimate of drug-likeness (QED) is 0.278. The van der Waals surface area contributed by atoms with E-state index in [0.29, 0.717) is 11.3 Å². The van der Waals surface area contributed by atoms with Gasteiger partial charge in [0, 0.05) is 4.90 Å². The highest BCUT2D eigenvalue weighted by Gasteiger charge is 2.14. The Kier molecular flexibility index (Phi) is 4.49. The Morgan fingerprint density at radius 3 is 2.69 bits per heavy atom. The highest BCUT2D eigenvalue weighted by Crippen LogP contribution is 2.29. The third kappa shape index (κ3) is 2.82. The molecular weight excluding hydrogens is 224 g/mol. The van der Waals surface area contributed by atoms with Gasteiger partial charge in [0.2, 0.25) is 0 Å². The Balaban J connectivity index is 3.26. The van der Waals surface area contributed by atoms with Gasteiger partial charge in [-0.2, -0.15) is 0 Å². The Labute approximate surface area is 99.5 Å². The van der Waals surface area contributed by atoms with E-state index in [4.69, 9.17) is 15.7 Å². The van der Waals surface area contributed by atoms with Gasteiger partial charge in [-0.3, -0.25) is 0 Å². The lowest BCUT2D eigenvalue weighted by Crippen LogP contribution is -2.17. The second kappa shape index (κ2) is 5.65. The van der Waals surface area contributed by atoms with Crippen molar-refractivity contribution in [1.29, 1.82) is 0 Å². The molecule has 1 aromatic rings. The fourth-order valence-electron chi connectivity index (χ4n) is 1.34. The Hall–Kier alpha value is -1.36. The predicted octanol–water partition coefficient (Wildman–Crippen LogP) is 2.29. The zero-order chi connectivity index (χ0) is 12.1. The smallest absolute Gasteiger partial charge is 0.174 e. The molecule has 0 bridgehead atoms. The van der Waals surface area contributed by atoms with E-state index in [1.807, 2.05) is 38.3 Å². The summed E-state index contributed by atoms with van der Waals surface area (Å²) in [5, 5.41) is 11.8. The van der Waals surface area contributed by atoms with Crippen LogP contribution in [0.15, 0.2) is 28.3 Å². The number of nitrogens with two attached hydrogens (primary N) is 1. The van der Waals surface area contributed by atoms with Gasteiger partial charge in [0.15, 0.2) is 5.84 Å². The van der Waals surface area contributed by atoms with Crippen LogP contribution in [0.3, 0.4) is 0 Å². The van der Waals surface area contributed by atoms with Crippen molar-refractivity contribution in [2.45, 2.75) is 24.8 Å². The monoisotopic (exact) mass is 240 g/mol. The van der Waals surface area contributed by atoms with Gasteiger partial charge in [0.25, 0.3) is 0 Å². The van der Waals surface area contributed by atoms with E-state index in [-0.39, 0.29) is 11.9 Å². The van der Waals surface area contributed by atoms with Gasteiger partial charge in [-0.05, 0) is 32.2 Å². The molecule has 3 N–H and O–H groups in total. The van der Waals surface area contributed by atoms with Crippen LogP contribution >= 0.6 is 11.8 Å². The molecule has 0 fully saturated rings. The number of ether oxygens (including phenoxy) is 1. The van der Waals surface area contributed by atoms with Crippen LogP contribution in [0.25, 0.3) is 0 Å². The van der Waals surface area contributed by atoms with Gasteiger partial charge in [-0.1, -0.05) is 11.2 Å². The molecule has 0 aliphatic rings. The average molecular weight is 240 g/mol.